The molecule has 1 amide bonds. The van der Waals surface area contributed by atoms with Crippen LogP contribution in [0.4, 0.5) is 11.4 Å². The van der Waals surface area contributed by atoms with E-state index in [-0.39, 0.29) is 11.9 Å². The highest BCUT2D eigenvalue weighted by Gasteiger charge is 2.26. The molecule has 1 aliphatic rings. The molecule has 1 saturated heterocycles. The second-order valence-electron chi connectivity index (χ2n) is 7.45. The number of benzene rings is 3. The van der Waals surface area contributed by atoms with Crippen molar-refractivity contribution in [1.29, 1.82) is 0 Å². The molecule has 0 bridgehead atoms. The lowest BCUT2D eigenvalue weighted by molar-refractivity contribution is -0.120. The second-order valence-corrected chi connectivity index (χ2v) is 7.45. The molecule has 0 aromatic heterocycles. The molecule has 1 unspecified atom stereocenters. The second kappa shape index (κ2) is 8.53. The number of carbonyl (C=O) groups excluding carboxylic acids is 1. The number of methoxy groups -OCH3 is 1. The molecule has 3 aromatic carbocycles. The Morgan fingerprint density at radius 2 is 1.69 bits per heavy atom. The van der Waals surface area contributed by atoms with Gasteiger partial charge in [-0.3, -0.25) is 9.69 Å². The van der Waals surface area contributed by atoms with Gasteiger partial charge in [-0.15, -0.1) is 0 Å². The zero-order valence-corrected chi connectivity index (χ0v) is 17.0. The van der Waals surface area contributed by atoms with Gasteiger partial charge in [0.05, 0.1) is 13.2 Å². The van der Waals surface area contributed by atoms with Crippen LogP contribution in [0.3, 0.4) is 0 Å². The molecule has 0 radical (unpaired) electrons. The first kappa shape index (κ1) is 19.3. The van der Waals surface area contributed by atoms with E-state index < -0.39 is 0 Å². The first-order valence-electron chi connectivity index (χ1n) is 10.1. The number of anilines is 2. The smallest absolute Gasteiger partial charge is 0.241 e. The molecule has 1 atom stereocenters. The average molecular weight is 389 g/mol. The van der Waals surface area contributed by atoms with Gasteiger partial charge in [0, 0.05) is 43.6 Å². The van der Waals surface area contributed by atoms with Crippen molar-refractivity contribution >= 4 is 28.1 Å². The molecule has 0 spiro atoms. The van der Waals surface area contributed by atoms with Gasteiger partial charge in [0.2, 0.25) is 5.91 Å². The normalized spacial score (nSPS) is 15.9. The predicted molar refractivity (Wildman–Crippen MR) is 119 cm³/mol. The Hall–Kier alpha value is -3.05. The van der Waals surface area contributed by atoms with Crippen molar-refractivity contribution in [1.82, 2.24) is 4.90 Å². The number of ether oxygens (including phenoxy) is 1. The van der Waals surface area contributed by atoms with Crippen LogP contribution < -0.4 is 15.0 Å². The summed E-state index contributed by atoms with van der Waals surface area (Å²) in [6, 6.07) is 22.2. The summed E-state index contributed by atoms with van der Waals surface area (Å²) in [5.74, 6) is 0.906. The SMILES string of the molecule is COc1cccc(N2CCN(C(C)C(=O)Nc3ccc4ccccc4c3)CC2)c1. The van der Waals surface area contributed by atoms with E-state index in [1.54, 1.807) is 7.11 Å². The Bertz CT molecular complexity index is 996. The lowest BCUT2D eigenvalue weighted by Crippen LogP contribution is -2.52. The van der Waals surface area contributed by atoms with Gasteiger partial charge < -0.3 is 15.0 Å². The molecular formula is C24H27N3O2. The monoisotopic (exact) mass is 389 g/mol. The van der Waals surface area contributed by atoms with Crippen molar-refractivity contribution in [2.24, 2.45) is 0 Å². The number of nitrogens with one attached hydrogen (secondary N) is 1. The van der Waals surface area contributed by atoms with Gasteiger partial charge in [0.1, 0.15) is 5.75 Å². The molecule has 150 valence electrons. The third-order valence-electron chi connectivity index (χ3n) is 5.68. The van der Waals surface area contributed by atoms with Crippen LogP contribution in [0.5, 0.6) is 5.75 Å². The Labute approximate surface area is 171 Å². The van der Waals surface area contributed by atoms with E-state index in [2.05, 4.69) is 39.4 Å². The molecule has 5 heteroatoms. The number of hydrogen-bond donors (Lipinski definition) is 1. The number of piperazine rings is 1. The summed E-state index contributed by atoms with van der Waals surface area (Å²) in [6.45, 7) is 5.46. The highest BCUT2D eigenvalue weighted by molar-refractivity contribution is 5.97. The fourth-order valence-corrected chi connectivity index (χ4v) is 3.85. The van der Waals surface area contributed by atoms with Crippen molar-refractivity contribution in [3.8, 4) is 5.75 Å². The van der Waals surface area contributed by atoms with Gasteiger partial charge in [0.15, 0.2) is 0 Å². The Balaban J connectivity index is 1.35. The third kappa shape index (κ3) is 4.35. The highest BCUT2D eigenvalue weighted by atomic mass is 16.5. The number of fused-ring (bicyclic) bond motifs is 1. The first-order valence-corrected chi connectivity index (χ1v) is 10.1. The quantitative estimate of drug-likeness (QED) is 0.716. The molecule has 1 heterocycles. The van der Waals surface area contributed by atoms with Crippen LogP contribution in [0.2, 0.25) is 0 Å². The van der Waals surface area contributed by atoms with Crippen LogP contribution >= 0.6 is 0 Å². The van der Waals surface area contributed by atoms with E-state index in [0.717, 1.165) is 48.7 Å². The van der Waals surface area contributed by atoms with E-state index in [4.69, 9.17) is 4.74 Å². The fourth-order valence-electron chi connectivity index (χ4n) is 3.85. The number of amides is 1. The minimum Gasteiger partial charge on any atom is -0.497 e. The van der Waals surface area contributed by atoms with Gasteiger partial charge in [-0.1, -0.05) is 36.4 Å². The molecule has 29 heavy (non-hydrogen) atoms. The zero-order chi connectivity index (χ0) is 20.2. The lowest BCUT2D eigenvalue weighted by atomic mass is 10.1. The molecule has 3 aromatic rings. The van der Waals surface area contributed by atoms with Crippen molar-refractivity contribution in [2.75, 3.05) is 43.5 Å². The van der Waals surface area contributed by atoms with E-state index in [0.29, 0.717) is 0 Å². The first-order chi connectivity index (χ1) is 14.1. The van der Waals surface area contributed by atoms with E-state index in [1.807, 2.05) is 49.4 Å². The van der Waals surface area contributed by atoms with Gasteiger partial charge in [-0.25, -0.2) is 0 Å². The zero-order valence-electron chi connectivity index (χ0n) is 17.0. The Morgan fingerprint density at radius 3 is 2.45 bits per heavy atom. The Kier molecular flexibility index (Phi) is 5.67. The van der Waals surface area contributed by atoms with E-state index in [1.165, 1.54) is 5.39 Å². The number of rotatable bonds is 5. The van der Waals surface area contributed by atoms with Crippen molar-refractivity contribution in [3.63, 3.8) is 0 Å². The maximum Gasteiger partial charge on any atom is 0.241 e. The lowest BCUT2D eigenvalue weighted by Gasteiger charge is -2.38. The van der Waals surface area contributed by atoms with Crippen LogP contribution in [0.25, 0.3) is 10.8 Å². The summed E-state index contributed by atoms with van der Waals surface area (Å²) in [7, 11) is 1.69. The molecule has 1 N–H and O–H groups in total. The molecular weight excluding hydrogens is 362 g/mol. The van der Waals surface area contributed by atoms with Crippen LogP contribution in [0.1, 0.15) is 6.92 Å². The largest absolute Gasteiger partial charge is 0.497 e. The number of nitrogens with zero attached hydrogens (tertiary/aromatic N) is 2. The molecule has 4 rings (SSSR count). The standard InChI is InChI=1S/C24H27N3O2/c1-18(24(28)25-21-11-10-19-6-3-4-7-20(19)16-21)26-12-14-27(15-13-26)22-8-5-9-23(17-22)29-2/h3-11,16-18H,12-15H2,1-2H3,(H,25,28). The van der Waals surface area contributed by atoms with Gasteiger partial charge in [0.25, 0.3) is 0 Å². The van der Waals surface area contributed by atoms with Crippen LogP contribution in [-0.4, -0.2) is 50.1 Å². The van der Waals surface area contributed by atoms with E-state index >= 15 is 0 Å². The van der Waals surface area contributed by atoms with Crippen molar-refractivity contribution in [3.05, 3.63) is 66.7 Å². The average Bonchev–Trinajstić information content (AvgIpc) is 2.78. The maximum atomic E-state index is 12.8. The van der Waals surface area contributed by atoms with Crippen LogP contribution in [0, 0.1) is 0 Å². The van der Waals surface area contributed by atoms with Gasteiger partial charge >= 0.3 is 0 Å². The van der Waals surface area contributed by atoms with E-state index in [9.17, 15) is 4.79 Å². The van der Waals surface area contributed by atoms with Crippen LogP contribution in [-0.2, 0) is 4.79 Å². The third-order valence-corrected chi connectivity index (χ3v) is 5.68. The predicted octanol–water partition coefficient (Wildman–Crippen LogP) is 4.00. The maximum absolute atomic E-state index is 12.8. The summed E-state index contributed by atoms with van der Waals surface area (Å²) in [4.78, 5) is 17.4. The minimum absolute atomic E-state index is 0.0371. The minimum atomic E-state index is -0.172. The molecule has 0 saturated carbocycles. The molecule has 1 aliphatic heterocycles. The summed E-state index contributed by atoms with van der Waals surface area (Å²) in [5.41, 5.74) is 2.01. The topological polar surface area (TPSA) is 44.8 Å². The highest BCUT2D eigenvalue weighted by Crippen LogP contribution is 2.23. The summed E-state index contributed by atoms with van der Waals surface area (Å²) in [6.07, 6.45) is 0. The van der Waals surface area contributed by atoms with Crippen molar-refractivity contribution in [2.45, 2.75) is 13.0 Å². The van der Waals surface area contributed by atoms with Crippen LogP contribution in [0.15, 0.2) is 66.7 Å². The Morgan fingerprint density at radius 1 is 0.931 bits per heavy atom. The summed E-state index contributed by atoms with van der Waals surface area (Å²) < 4.78 is 5.33. The fraction of sp³-hybridized carbons (Fsp3) is 0.292. The van der Waals surface area contributed by atoms with Gasteiger partial charge in [-0.2, -0.15) is 0 Å². The number of carbonyl (C=O) groups is 1. The van der Waals surface area contributed by atoms with Crippen molar-refractivity contribution < 1.29 is 9.53 Å². The molecule has 1 fully saturated rings. The molecule has 5 nitrogen and oxygen atoms in total. The van der Waals surface area contributed by atoms with Gasteiger partial charge in [-0.05, 0) is 42.0 Å². The number of hydrogen-bond acceptors (Lipinski definition) is 4. The summed E-state index contributed by atoms with van der Waals surface area (Å²) >= 11 is 0. The summed E-state index contributed by atoms with van der Waals surface area (Å²) in [5, 5.41) is 5.38. The molecule has 0 aliphatic carbocycles.